The Labute approximate surface area is 273 Å². The molecule has 46 heavy (non-hydrogen) atoms. The number of carbonyl (C=O) groups excluding carboxylic acids is 5. The van der Waals surface area contributed by atoms with E-state index in [1.165, 1.54) is 11.0 Å². The molecule has 1 aliphatic heterocycles. The minimum atomic E-state index is -3.40. The van der Waals surface area contributed by atoms with Gasteiger partial charge in [0.15, 0.2) is 0 Å². The first-order chi connectivity index (χ1) is 21.3. The molecule has 0 aromatic heterocycles. The lowest BCUT2D eigenvalue weighted by Crippen LogP contribution is -2.63. The maximum absolute atomic E-state index is 14.3. The highest BCUT2D eigenvalue weighted by Gasteiger charge is 2.70. The number of nitrogens with zero attached hydrogens (tertiary/aromatic N) is 1. The molecule has 3 rings (SSSR count). The zero-order chi connectivity index (χ0) is 34.7. The molecule has 0 aromatic rings. The number of rotatable bonds is 13. The number of fused-ring (bicyclic) bond motifs is 1. The summed E-state index contributed by atoms with van der Waals surface area (Å²) in [6.07, 6.45) is 9.67. The number of piperidine rings is 1. The van der Waals surface area contributed by atoms with Gasteiger partial charge in [0.05, 0.1) is 11.3 Å². The second-order valence-corrected chi connectivity index (χ2v) is 17.1. The van der Waals surface area contributed by atoms with Crippen LogP contribution in [-0.2, 0) is 29.0 Å². The number of hydrogen-bond acceptors (Lipinski definition) is 7. The lowest BCUT2D eigenvalue weighted by Gasteiger charge is -2.40. The molecule has 258 valence electrons. The fourth-order valence-electron chi connectivity index (χ4n) is 7.24. The molecule has 0 spiro atoms. The molecule has 1 saturated heterocycles. The van der Waals surface area contributed by atoms with Crippen LogP contribution in [0.3, 0.4) is 0 Å². The highest BCUT2D eigenvalue weighted by Crippen LogP contribution is 2.65. The van der Waals surface area contributed by atoms with Crippen LogP contribution in [0.2, 0.25) is 0 Å². The third kappa shape index (κ3) is 8.77. The Bertz CT molecular complexity index is 1340. The standard InChI is InChI=1S/C33H53N5O7S/c1-9-11-15-22(25(39)28(41)34-18-10-2)35-27(40)24-23-21(32(23,6)7)19-38(24)29(42)26(31(3,4)5)36-30(43)37-33(20-46(8,44)45)16-13-12-14-17-33/h9-11,21-24,26H,2,12-20H2,1,3-8H3,(H,34,41)(H,35,40)(H2,36,37,43)/b11-9+/t21?,22?,23-,24?,26-/m1/s1. The number of carbonyl (C=O) groups is 5. The summed E-state index contributed by atoms with van der Waals surface area (Å²) in [6.45, 7) is 15.2. The number of Topliss-reactive ketones (excluding diaryl/α,β-unsaturated/α-hetero) is 1. The summed E-state index contributed by atoms with van der Waals surface area (Å²) >= 11 is 0. The van der Waals surface area contributed by atoms with E-state index in [2.05, 4.69) is 27.8 Å². The van der Waals surface area contributed by atoms with Gasteiger partial charge in [-0.15, -0.1) is 6.58 Å². The average molecular weight is 664 g/mol. The van der Waals surface area contributed by atoms with E-state index in [0.717, 1.165) is 25.5 Å². The summed E-state index contributed by atoms with van der Waals surface area (Å²) in [7, 11) is -3.40. The Kier molecular flexibility index (Phi) is 11.6. The largest absolute Gasteiger partial charge is 0.346 e. The Hall–Kier alpha value is -3.22. The van der Waals surface area contributed by atoms with Crippen LogP contribution in [0, 0.1) is 22.7 Å². The van der Waals surface area contributed by atoms with E-state index in [0.29, 0.717) is 19.4 Å². The third-order valence-corrected chi connectivity index (χ3v) is 10.8. The first-order valence-electron chi connectivity index (χ1n) is 16.2. The number of nitrogens with one attached hydrogen (secondary N) is 4. The number of ketones is 1. The summed E-state index contributed by atoms with van der Waals surface area (Å²) in [5.74, 6) is -2.92. The van der Waals surface area contributed by atoms with Gasteiger partial charge in [-0.3, -0.25) is 19.2 Å². The van der Waals surface area contributed by atoms with Crippen molar-refractivity contribution in [1.82, 2.24) is 26.2 Å². The van der Waals surface area contributed by atoms with Gasteiger partial charge >= 0.3 is 6.03 Å². The van der Waals surface area contributed by atoms with E-state index in [9.17, 15) is 32.4 Å². The van der Waals surface area contributed by atoms with Crippen molar-refractivity contribution in [2.75, 3.05) is 25.1 Å². The second-order valence-electron chi connectivity index (χ2n) is 14.9. The van der Waals surface area contributed by atoms with Crippen LogP contribution in [0.4, 0.5) is 4.79 Å². The van der Waals surface area contributed by atoms with Gasteiger partial charge < -0.3 is 26.2 Å². The van der Waals surface area contributed by atoms with Crippen molar-refractivity contribution < 1.29 is 32.4 Å². The third-order valence-electron chi connectivity index (χ3n) is 9.75. The van der Waals surface area contributed by atoms with Gasteiger partial charge in [-0.1, -0.05) is 72.1 Å². The SMILES string of the molecule is C=CCNC(=O)C(=O)C(C/C=C/C)NC(=O)C1[C@H]2C(CN1C(=O)[C@@H](NC(=O)NC1(CS(C)(=O)=O)CCCCC1)C(C)(C)C)C2(C)C. The Balaban J connectivity index is 1.85. The normalized spacial score (nSPS) is 24.7. The maximum atomic E-state index is 14.3. The lowest BCUT2D eigenvalue weighted by atomic mass is 9.83. The van der Waals surface area contributed by atoms with Crippen molar-refractivity contribution in [3.8, 4) is 0 Å². The molecule has 2 aliphatic carbocycles. The van der Waals surface area contributed by atoms with E-state index < -0.39 is 68.5 Å². The monoisotopic (exact) mass is 663 g/mol. The summed E-state index contributed by atoms with van der Waals surface area (Å²) in [5, 5.41) is 11.0. The topological polar surface area (TPSA) is 171 Å². The summed E-state index contributed by atoms with van der Waals surface area (Å²) in [6, 6.07) is -3.70. The number of amides is 5. The molecule has 13 heteroatoms. The van der Waals surface area contributed by atoms with E-state index in [1.807, 2.05) is 34.6 Å². The van der Waals surface area contributed by atoms with Crippen molar-refractivity contribution in [2.45, 2.75) is 104 Å². The van der Waals surface area contributed by atoms with Crippen LogP contribution in [-0.4, -0.2) is 91.6 Å². The first-order valence-corrected chi connectivity index (χ1v) is 18.3. The van der Waals surface area contributed by atoms with Crippen LogP contribution in [0.5, 0.6) is 0 Å². The van der Waals surface area contributed by atoms with Crippen LogP contribution in [0.1, 0.15) is 80.1 Å². The smallest absolute Gasteiger partial charge is 0.315 e. The van der Waals surface area contributed by atoms with Crippen molar-refractivity contribution in [3.63, 3.8) is 0 Å². The first kappa shape index (κ1) is 37.2. The lowest BCUT2D eigenvalue weighted by molar-refractivity contribution is -0.145. The second kappa shape index (κ2) is 14.3. The molecule has 3 aliphatic rings. The predicted octanol–water partition coefficient (Wildman–Crippen LogP) is 2.25. The number of sulfone groups is 1. The van der Waals surface area contributed by atoms with E-state index in [4.69, 9.17) is 0 Å². The van der Waals surface area contributed by atoms with Gasteiger partial charge in [0.2, 0.25) is 17.6 Å². The number of urea groups is 1. The Morgan fingerprint density at radius 3 is 2.22 bits per heavy atom. The Morgan fingerprint density at radius 2 is 1.67 bits per heavy atom. The molecule has 0 aromatic carbocycles. The molecular weight excluding hydrogens is 610 g/mol. The fraction of sp³-hybridized carbons (Fsp3) is 0.727. The van der Waals surface area contributed by atoms with Gasteiger partial charge in [-0.05, 0) is 48.9 Å². The maximum Gasteiger partial charge on any atom is 0.315 e. The van der Waals surface area contributed by atoms with E-state index in [1.54, 1.807) is 19.1 Å². The summed E-state index contributed by atoms with van der Waals surface area (Å²) < 4.78 is 24.6. The van der Waals surface area contributed by atoms with Crippen molar-refractivity contribution in [2.24, 2.45) is 22.7 Å². The van der Waals surface area contributed by atoms with Crippen molar-refractivity contribution >= 4 is 39.4 Å². The van der Waals surface area contributed by atoms with Gasteiger partial charge in [0.1, 0.15) is 28.0 Å². The molecule has 5 atom stereocenters. The molecule has 5 amide bonds. The highest BCUT2D eigenvalue weighted by molar-refractivity contribution is 7.90. The number of likely N-dealkylation sites (tertiary alicyclic amines) is 1. The van der Waals surface area contributed by atoms with Crippen LogP contribution >= 0.6 is 0 Å². The molecule has 3 unspecified atom stereocenters. The number of allylic oxidation sites excluding steroid dienone is 1. The van der Waals surface area contributed by atoms with Crippen LogP contribution in [0.25, 0.3) is 0 Å². The van der Waals surface area contributed by atoms with Crippen molar-refractivity contribution in [1.29, 1.82) is 0 Å². The highest BCUT2D eigenvalue weighted by atomic mass is 32.2. The molecule has 2 saturated carbocycles. The zero-order valence-electron chi connectivity index (χ0n) is 28.4. The van der Waals surface area contributed by atoms with Gasteiger partial charge in [0, 0.05) is 19.3 Å². The van der Waals surface area contributed by atoms with Gasteiger partial charge in [-0.25, -0.2) is 13.2 Å². The zero-order valence-corrected chi connectivity index (χ0v) is 29.2. The molecule has 4 N–H and O–H groups in total. The van der Waals surface area contributed by atoms with E-state index >= 15 is 0 Å². The Morgan fingerprint density at radius 1 is 1.04 bits per heavy atom. The van der Waals surface area contributed by atoms with E-state index in [-0.39, 0.29) is 36.0 Å². The summed E-state index contributed by atoms with van der Waals surface area (Å²) in [5.41, 5.74) is -1.90. The molecule has 0 radical (unpaired) electrons. The molecular formula is C33H53N5O7S. The fourth-order valence-corrected chi connectivity index (χ4v) is 8.61. The van der Waals surface area contributed by atoms with Crippen LogP contribution < -0.4 is 21.3 Å². The molecule has 1 heterocycles. The minimum absolute atomic E-state index is 0.0440. The quantitative estimate of drug-likeness (QED) is 0.173. The molecule has 0 bridgehead atoms. The van der Waals surface area contributed by atoms with Gasteiger partial charge in [0.25, 0.3) is 5.91 Å². The minimum Gasteiger partial charge on any atom is -0.346 e. The molecule has 3 fully saturated rings. The summed E-state index contributed by atoms with van der Waals surface area (Å²) in [4.78, 5) is 68.7. The predicted molar refractivity (Wildman–Crippen MR) is 176 cm³/mol. The average Bonchev–Trinajstić information content (AvgIpc) is 3.26. The van der Waals surface area contributed by atoms with Crippen molar-refractivity contribution in [3.05, 3.63) is 24.8 Å². The molecule has 12 nitrogen and oxygen atoms in total. The number of hydrogen-bond donors (Lipinski definition) is 4. The van der Waals surface area contributed by atoms with Gasteiger partial charge in [-0.2, -0.15) is 0 Å². The van der Waals surface area contributed by atoms with Crippen LogP contribution in [0.15, 0.2) is 24.8 Å².